The summed E-state index contributed by atoms with van der Waals surface area (Å²) in [5.41, 5.74) is 7.89. The topological polar surface area (TPSA) is 66.0 Å². The Labute approximate surface area is 124 Å². The molecule has 0 spiro atoms. The van der Waals surface area contributed by atoms with Gasteiger partial charge in [0.2, 0.25) is 0 Å². The Hall–Kier alpha value is -1.98. The van der Waals surface area contributed by atoms with Crippen LogP contribution in [0, 0.1) is 5.92 Å². The molecule has 1 fully saturated rings. The van der Waals surface area contributed by atoms with Crippen molar-refractivity contribution in [2.45, 2.75) is 25.9 Å². The van der Waals surface area contributed by atoms with Gasteiger partial charge >= 0.3 is 0 Å². The molecule has 5 nitrogen and oxygen atoms in total. The quantitative estimate of drug-likeness (QED) is 0.798. The highest BCUT2D eigenvalue weighted by molar-refractivity contribution is 5.97. The number of carbonyl (C=O) groups is 1. The van der Waals surface area contributed by atoms with E-state index in [0.717, 1.165) is 10.9 Å². The average Bonchev–Trinajstić information content (AvgIpc) is 2.83. The van der Waals surface area contributed by atoms with Crippen LogP contribution in [0.1, 0.15) is 24.2 Å². The van der Waals surface area contributed by atoms with Gasteiger partial charge in [0.1, 0.15) is 0 Å². The van der Waals surface area contributed by atoms with Crippen molar-refractivity contribution in [3.63, 3.8) is 0 Å². The van der Waals surface area contributed by atoms with Gasteiger partial charge in [0.05, 0.1) is 11.1 Å². The van der Waals surface area contributed by atoms with Crippen molar-refractivity contribution < 1.29 is 4.79 Å². The van der Waals surface area contributed by atoms with E-state index in [1.165, 1.54) is 0 Å². The van der Waals surface area contributed by atoms with Crippen molar-refractivity contribution in [1.29, 1.82) is 0 Å². The number of nitrogens with zero attached hydrogens (tertiary/aromatic N) is 1. The maximum atomic E-state index is 12.3. The highest BCUT2D eigenvalue weighted by Gasteiger charge is 2.29. The van der Waals surface area contributed by atoms with Crippen molar-refractivity contribution >= 4 is 16.8 Å². The molecule has 0 bridgehead atoms. The SMILES string of the molecule is CC1NNC(C)C1CNC(=O)c1cnc2ccccc2c1. The molecule has 2 heterocycles. The first-order valence-corrected chi connectivity index (χ1v) is 7.29. The van der Waals surface area contributed by atoms with Crippen LogP contribution in [0.4, 0.5) is 0 Å². The minimum absolute atomic E-state index is 0.0699. The molecule has 1 aromatic heterocycles. The lowest BCUT2D eigenvalue weighted by Crippen LogP contribution is -2.37. The lowest BCUT2D eigenvalue weighted by atomic mass is 9.96. The summed E-state index contributed by atoms with van der Waals surface area (Å²) in [5, 5.41) is 3.99. The Morgan fingerprint density at radius 2 is 1.95 bits per heavy atom. The van der Waals surface area contributed by atoms with Crippen molar-refractivity contribution in [2.75, 3.05) is 6.54 Å². The number of hydrogen-bond acceptors (Lipinski definition) is 4. The van der Waals surface area contributed by atoms with E-state index in [1.807, 2.05) is 30.3 Å². The Morgan fingerprint density at radius 1 is 1.24 bits per heavy atom. The van der Waals surface area contributed by atoms with E-state index in [9.17, 15) is 4.79 Å². The maximum absolute atomic E-state index is 12.3. The van der Waals surface area contributed by atoms with Gasteiger partial charge in [-0.2, -0.15) is 0 Å². The number of nitrogens with one attached hydrogen (secondary N) is 3. The monoisotopic (exact) mass is 284 g/mol. The van der Waals surface area contributed by atoms with Gasteiger partial charge in [0, 0.05) is 36.1 Å². The molecule has 0 saturated carbocycles. The van der Waals surface area contributed by atoms with E-state index in [2.05, 4.69) is 35.0 Å². The van der Waals surface area contributed by atoms with Crippen molar-refractivity contribution in [3.8, 4) is 0 Å². The van der Waals surface area contributed by atoms with Gasteiger partial charge in [-0.1, -0.05) is 18.2 Å². The molecule has 0 aliphatic carbocycles. The van der Waals surface area contributed by atoms with Crippen LogP contribution < -0.4 is 16.2 Å². The molecule has 1 saturated heterocycles. The smallest absolute Gasteiger partial charge is 0.252 e. The highest BCUT2D eigenvalue weighted by Crippen LogP contribution is 2.15. The molecular weight excluding hydrogens is 264 g/mol. The van der Waals surface area contributed by atoms with Gasteiger partial charge in [0.25, 0.3) is 5.91 Å². The van der Waals surface area contributed by atoms with E-state index in [-0.39, 0.29) is 5.91 Å². The number of hydrogen-bond donors (Lipinski definition) is 3. The van der Waals surface area contributed by atoms with Crippen LogP contribution >= 0.6 is 0 Å². The number of para-hydroxylation sites is 1. The van der Waals surface area contributed by atoms with Crippen LogP contribution in [0.3, 0.4) is 0 Å². The molecule has 1 aliphatic heterocycles. The molecule has 3 N–H and O–H groups in total. The predicted octanol–water partition coefficient (Wildman–Crippen LogP) is 1.47. The predicted molar refractivity (Wildman–Crippen MR) is 82.8 cm³/mol. The molecule has 1 aromatic carbocycles. The number of hydrazine groups is 1. The van der Waals surface area contributed by atoms with Crippen LogP contribution in [-0.2, 0) is 0 Å². The third-order valence-corrected chi connectivity index (χ3v) is 4.17. The molecule has 1 aliphatic rings. The molecule has 3 rings (SSSR count). The van der Waals surface area contributed by atoms with Crippen LogP contribution in [0.5, 0.6) is 0 Å². The zero-order valence-electron chi connectivity index (χ0n) is 12.3. The summed E-state index contributed by atoms with van der Waals surface area (Å²) < 4.78 is 0. The van der Waals surface area contributed by atoms with Crippen molar-refractivity contribution in [1.82, 2.24) is 21.2 Å². The number of benzene rings is 1. The van der Waals surface area contributed by atoms with E-state index in [0.29, 0.717) is 30.1 Å². The van der Waals surface area contributed by atoms with Crippen LogP contribution in [0.15, 0.2) is 36.5 Å². The van der Waals surface area contributed by atoms with Gasteiger partial charge in [0.15, 0.2) is 0 Å². The number of aromatic nitrogens is 1. The molecule has 2 aromatic rings. The van der Waals surface area contributed by atoms with Crippen molar-refractivity contribution in [2.24, 2.45) is 5.92 Å². The lowest BCUT2D eigenvalue weighted by molar-refractivity contribution is 0.0945. The van der Waals surface area contributed by atoms with E-state index in [4.69, 9.17) is 0 Å². The fourth-order valence-corrected chi connectivity index (χ4v) is 2.77. The first kappa shape index (κ1) is 14.0. The Balaban J connectivity index is 1.69. The summed E-state index contributed by atoms with van der Waals surface area (Å²) in [6.07, 6.45) is 1.63. The number of fused-ring (bicyclic) bond motifs is 1. The van der Waals surface area contributed by atoms with E-state index < -0.39 is 0 Å². The second kappa shape index (κ2) is 5.79. The first-order chi connectivity index (χ1) is 10.1. The minimum atomic E-state index is -0.0699. The zero-order valence-corrected chi connectivity index (χ0v) is 12.3. The number of amides is 1. The number of pyridine rings is 1. The van der Waals surface area contributed by atoms with Gasteiger partial charge in [-0.25, -0.2) is 0 Å². The normalized spacial score (nSPS) is 25.1. The fourth-order valence-electron chi connectivity index (χ4n) is 2.77. The van der Waals surface area contributed by atoms with Gasteiger partial charge in [-0.3, -0.25) is 20.6 Å². The van der Waals surface area contributed by atoms with Crippen LogP contribution in [-0.4, -0.2) is 29.5 Å². The van der Waals surface area contributed by atoms with Gasteiger partial charge in [-0.15, -0.1) is 0 Å². The Kier molecular flexibility index (Phi) is 3.86. The molecule has 0 radical (unpaired) electrons. The third kappa shape index (κ3) is 2.89. The Bertz CT molecular complexity index is 648. The number of carbonyl (C=O) groups excluding carboxylic acids is 1. The summed E-state index contributed by atoms with van der Waals surface area (Å²) in [5.74, 6) is 0.307. The summed E-state index contributed by atoms with van der Waals surface area (Å²) in [7, 11) is 0. The lowest BCUT2D eigenvalue weighted by Gasteiger charge is -2.18. The number of rotatable bonds is 3. The Morgan fingerprint density at radius 3 is 2.71 bits per heavy atom. The third-order valence-electron chi connectivity index (χ3n) is 4.17. The van der Waals surface area contributed by atoms with Crippen LogP contribution in [0.25, 0.3) is 10.9 Å². The molecular formula is C16H20N4O. The van der Waals surface area contributed by atoms with Gasteiger partial charge < -0.3 is 5.32 Å². The second-order valence-corrected chi connectivity index (χ2v) is 5.66. The molecule has 2 unspecified atom stereocenters. The summed E-state index contributed by atoms with van der Waals surface area (Å²) in [6, 6.07) is 10.4. The highest BCUT2D eigenvalue weighted by atomic mass is 16.1. The van der Waals surface area contributed by atoms with Crippen molar-refractivity contribution in [3.05, 3.63) is 42.1 Å². The van der Waals surface area contributed by atoms with Gasteiger partial charge in [-0.05, 0) is 26.0 Å². The van der Waals surface area contributed by atoms with Crippen LogP contribution in [0.2, 0.25) is 0 Å². The molecule has 110 valence electrons. The minimum Gasteiger partial charge on any atom is -0.352 e. The summed E-state index contributed by atoms with van der Waals surface area (Å²) in [6.45, 7) is 4.88. The van der Waals surface area contributed by atoms with E-state index >= 15 is 0 Å². The summed E-state index contributed by atoms with van der Waals surface area (Å²) >= 11 is 0. The average molecular weight is 284 g/mol. The maximum Gasteiger partial charge on any atom is 0.252 e. The zero-order chi connectivity index (χ0) is 14.8. The largest absolute Gasteiger partial charge is 0.352 e. The first-order valence-electron chi connectivity index (χ1n) is 7.29. The fraction of sp³-hybridized carbons (Fsp3) is 0.375. The summed E-state index contributed by atoms with van der Waals surface area (Å²) in [4.78, 5) is 16.6. The van der Waals surface area contributed by atoms with E-state index in [1.54, 1.807) is 6.20 Å². The molecule has 1 amide bonds. The molecule has 2 atom stereocenters. The second-order valence-electron chi connectivity index (χ2n) is 5.66. The molecule has 21 heavy (non-hydrogen) atoms. The standard InChI is InChI=1S/C16H20N4O/c1-10-14(11(2)20-19-10)9-18-16(21)13-7-12-5-3-4-6-15(12)17-8-13/h3-8,10-11,14,19-20H,9H2,1-2H3,(H,18,21). The molecule has 5 heteroatoms.